The first-order valence-electron chi connectivity index (χ1n) is 38.3. The van der Waals surface area contributed by atoms with Crippen LogP contribution in [0, 0.1) is 0 Å². The van der Waals surface area contributed by atoms with E-state index in [9.17, 15) is 19.8 Å². The van der Waals surface area contributed by atoms with Crippen LogP contribution in [0.5, 0.6) is 0 Å². The van der Waals surface area contributed by atoms with Crippen LogP contribution >= 0.6 is 0 Å². The Bertz CT molecular complexity index is 1360. The first-order chi connectivity index (χ1) is 41.5. The molecular formula is C78H149NO5. The smallest absolute Gasteiger partial charge is 0.305 e. The van der Waals surface area contributed by atoms with Gasteiger partial charge in [0.2, 0.25) is 5.91 Å². The molecule has 2 unspecified atom stereocenters. The van der Waals surface area contributed by atoms with Gasteiger partial charge in [0, 0.05) is 12.8 Å². The van der Waals surface area contributed by atoms with Gasteiger partial charge in [-0.25, -0.2) is 0 Å². The third-order valence-corrected chi connectivity index (χ3v) is 17.9. The van der Waals surface area contributed by atoms with Crippen LogP contribution < -0.4 is 5.32 Å². The lowest BCUT2D eigenvalue weighted by atomic mass is 10.0. The van der Waals surface area contributed by atoms with Crippen molar-refractivity contribution in [1.82, 2.24) is 5.32 Å². The maximum absolute atomic E-state index is 12.5. The minimum Gasteiger partial charge on any atom is -0.466 e. The van der Waals surface area contributed by atoms with Crippen molar-refractivity contribution in [3.63, 3.8) is 0 Å². The molecule has 6 heteroatoms. The highest BCUT2D eigenvalue weighted by molar-refractivity contribution is 5.76. The fraction of sp³-hybridized carbons (Fsp3) is 0.897. The molecule has 84 heavy (non-hydrogen) atoms. The fourth-order valence-electron chi connectivity index (χ4n) is 12.1. The molecular weight excluding hydrogens is 1030 g/mol. The molecule has 0 aliphatic carbocycles. The van der Waals surface area contributed by atoms with Crippen LogP contribution in [0.15, 0.2) is 36.5 Å². The summed E-state index contributed by atoms with van der Waals surface area (Å²) in [5, 5.41) is 23.2. The van der Waals surface area contributed by atoms with Crippen molar-refractivity contribution in [2.75, 3.05) is 13.2 Å². The molecule has 0 saturated carbocycles. The summed E-state index contributed by atoms with van der Waals surface area (Å²) in [6.45, 7) is 4.89. The molecule has 0 saturated heterocycles. The molecule has 0 aliphatic heterocycles. The predicted octanol–water partition coefficient (Wildman–Crippen LogP) is 25.0. The first kappa shape index (κ1) is 82.1. The number of unbranched alkanes of at least 4 members (excludes halogenated alkanes) is 57. The van der Waals surface area contributed by atoms with Gasteiger partial charge >= 0.3 is 5.97 Å². The molecule has 496 valence electrons. The van der Waals surface area contributed by atoms with Crippen molar-refractivity contribution in [3.8, 4) is 0 Å². The summed E-state index contributed by atoms with van der Waals surface area (Å²) in [6, 6.07) is -0.622. The maximum atomic E-state index is 12.5. The lowest BCUT2D eigenvalue weighted by Crippen LogP contribution is -2.45. The van der Waals surface area contributed by atoms with Gasteiger partial charge in [-0.1, -0.05) is 391 Å². The monoisotopic (exact) mass is 1180 g/mol. The standard InChI is InChI=1S/C78H149NO5/c1-3-5-7-9-11-13-15-17-46-50-54-58-62-66-70-76(81)75(74-80)79-77(82)71-67-63-59-55-51-47-44-42-40-38-36-34-32-30-28-26-24-22-20-19-21-23-25-27-29-31-33-35-37-39-41-43-45-49-53-57-61-65-69-73-84-78(83)72-68-64-60-56-52-48-18-16-14-12-10-8-6-4-2/h10,12,16,18,66,70,75-76,80-81H,3-9,11,13-15,17,19-65,67-69,71-74H2,1-2H3,(H,79,82)/b12-10-,18-16-,70-66+. The van der Waals surface area contributed by atoms with E-state index < -0.39 is 12.1 Å². The Kier molecular flexibility index (Phi) is 71.9. The summed E-state index contributed by atoms with van der Waals surface area (Å²) in [5.41, 5.74) is 0. The van der Waals surface area contributed by atoms with Crippen molar-refractivity contribution < 1.29 is 24.5 Å². The molecule has 0 aromatic rings. The average molecular weight is 1180 g/mol. The predicted molar refractivity (Wildman–Crippen MR) is 370 cm³/mol. The summed E-state index contributed by atoms with van der Waals surface area (Å²) >= 11 is 0. The molecule has 0 spiro atoms. The largest absolute Gasteiger partial charge is 0.466 e. The second-order valence-electron chi connectivity index (χ2n) is 26.3. The molecule has 0 bridgehead atoms. The van der Waals surface area contributed by atoms with Crippen LogP contribution in [-0.2, 0) is 14.3 Å². The number of hydrogen-bond donors (Lipinski definition) is 3. The Labute approximate surface area is 525 Å². The van der Waals surface area contributed by atoms with Gasteiger partial charge in [-0.15, -0.1) is 0 Å². The number of rotatable bonds is 72. The zero-order valence-electron chi connectivity index (χ0n) is 56.9. The van der Waals surface area contributed by atoms with E-state index in [2.05, 4.69) is 43.5 Å². The second-order valence-corrected chi connectivity index (χ2v) is 26.3. The number of nitrogens with one attached hydrogen (secondary N) is 1. The van der Waals surface area contributed by atoms with Crippen molar-refractivity contribution in [2.45, 2.75) is 437 Å². The number of aliphatic hydroxyl groups excluding tert-OH is 2. The Hall–Kier alpha value is -1.92. The Balaban J connectivity index is 3.30. The number of amides is 1. The third kappa shape index (κ3) is 69.2. The number of ether oxygens (including phenoxy) is 1. The van der Waals surface area contributed by atoms with E-state index in [-0.39, 0.29) is 18.5 Å². The van der Waals surface area contributed by atoms with E-state index in [0.717, 1.165) is 51.4 Å². The summed E-state index contributed by atoms with van der Waals surface area (Å²) in [4.78, 5) is 24.5. The van der Waals surface area contributed by atoms with Crippen LogP contribution in [-0.4, -0.2) is 47.4 Å². The van der Waals surface area contributed by atoms with Gasteiger partial charge in [-0.2, -0.15) is 0 Å². The van der Waals surface area contributed by atoms with Crippen LogP contribution in [0.1, 0.15) is 425 Å². The minimum atomic E-state index is -0.839. The topological polar surface area (TPSA) is 95.9 Å². The van der Waals surface area contributed by atoms with Crippen LogP contribution in [0.3, 0.4) is 0 Å². The molecule has 0 aromatic heterocycles. The Morgan fingerprint density at radius 1 is 0.333 bits per heavy atom. The molecule has 6 nitrogen and oxygen atoms in total. The quantitative estimate of drug-likeness (QED) is 0.0320. The van der Waals surface area contributed by atoms with Gasteiger partial charge in [0.25, 0.3) is 0 Å². The molecule has 2 atom stereocenters. The van der Waals surface area contributed by atoms with Crippen LogP contribution in [0.4, 0.5) is 0 Å². The van der Waals surface area contributed by atoms with E-state index >= 15 is 0 Å². The summed E-state index contributed by atoms with van der Waals surface area (Å²) in [6.07, 6.45) is 95.6. The molecule has 0 aliphatic rings. The zero-order chi connectivity index (χ0) is 60.6. The summed E-state index contributed by atoms with van der Waals surface area (Å²) < 4.78 is 5.49. The average Bonchev–Trinajstić information content (AvgIpc) is 3.52. The van der Waals surface area contributed by atoms with Crippen molar-refractivity contribution in [3.05, 3.63) is 36.5 Å². The normalized spacial score (nSPS) is 12.7. The lowest BCUT2D eigenvalue weighted by molar-refractivity contribution is -0.143. The van der Waals surface area contributed by atoms with Gasteiger partial charge in [0.15, 0.2) is 0 Å². The van der Waals surface area contributed by atoms with Crippen LogP contribution in [0.25, 0.3) is 0 Å². The molecule has 0 radical (unpaired) electrons. The molecule has 3 N–H and O–H groups in total. The lowest BCUT2D eigenvalue weighted by Gasteiger charge is -2.20. The summed E-state index contributed by atoms with van der Waals surface area (Å²) in [7, 11) is 0. The van der Waals surface area contributed by atoms with E-state index in [4.69, 9.17) is 4.74 Å². The van der Waals surface area contributed by atoms with Crippen molar-refractivity contribution in [2.24, 2.45) is 0 Å². The van der Waals surface area contributed by atoms with Gasteiger partial charge < -0.3 is 20.3 Å². The SMILES string of the molecule is CCCC/C=C\C/C=C\CCCCCCCC(=O)OCCCCCCCCCCCCCCCCCCCCCCCCCCCCCCCCCCCCCCCCCC(=O)NC(CO)C(O)/C=C/CCCCCCCCCCCCCC. The number of carbonyl (C=O) groups is 2. The number of allylic oxidation sites excluding steroid dienone is 5. The first-order valence-corrected chi connectivity index (χ1v) is 38.3. The number of hydrogen-bond acceptors (Lipinski definition) is 5. The fourth-order valence-corrected chi connectivity index (χ4v) is 12.1. The second kappa shape index (κ2) is 73.5. The van der Waals surface area contributed by atoms with Crippen molar-refractivity contribution >= 4 is 11.9 Å². The van der Waals surface area contributed by atoms with Gasteiger partial charge in [-0.05, 0) is 57.8 Å². The molecule has 0 fully saturated rings. The molecule has 0 aromatic carbocycles. The van der Waals surface area contributed by atoms with Crippen molar-refractivity contribution in [1.29, 1.82) is 0 Å². The van der Waals surface area contributed by atoms with E-state index in [1.165, 1.54) is 347 Å². The van der Waals surface area contributed by atoms with Gasteiger partial charge in [0.05, 0.1) is 25.4 Å². The van der Waals surface area contributed by atoms with Gasteiger partial charge in [-0.3, -0.25) is 9.59 Å². The highest BCUT2D eigenvalue weighted by Crippen LogP contribution is 2.20. The highest BCUT2D eigenvalue weighted by Gasteiger charge is 2.18. The molecule has 0 rings (SSSR count). The summed E-state index contributed by atoms with van der Waals surface area (Å²) in [5.74, 6) is -0.0501. The zero-order valence-corrected chi connectivity index (χ0v) is 56.9. The Morgan fingerprint density at radius 2 is 0.607 bits per heavy atom. The van der Waals surface area contributed by atoms with Crippen LogP contribution in [0.2, 0.25) is 0 Å². The number of esters is 1. The van der Waals surface area contributed by atoms with E-state index in [1.54, 1.807) is 6.08 Å². The third-order valence-electron chi connectivity index (χ3n) is 17.9. The number of carbonyl (C=O) groups excluding carboxylic acids is 2. The molecule has 1 amide bonds. The highest BCUT2D eigenvalue weighted by atomic mass is 16.5. The Morgan fingerprint density at radius 3 is 0.940 bits per heavy atom. The minimum absolute atomic E-state index is 0.00953. The van der Waals surface area contributed by atoms with Gasteiger partial charge in [0.1, 0.15) is 0 Å². The molecule has 0 heterocycles. The number of aliphatic hydroxyl groups is 2. The maximum Gasteiger partial charge on any atom is 0.305 e. The van der Waals surface area contributed by atoms with E-state index in [0.29, 0.717) is 19.4 Å². The van der Waals surface area contributed by atoms with E-state index in [1.807, 2.05) is 6.08 Å².